The van der Waals surface area contributed by atoms with Crippen molar-refractivity contribution >= 4 is 64.1 Å². The third kappa shape index (κ3) is 4.20. The normalized spacial score (nSPS) is 11.8. The van der Waals surface area contributed by atoms with Crippen LogP contribution >= 0.6 is 11.3 Å². The Morgan fingerprint density at radius 1 is 0.438 bits per heavy atom. The van der Waals surface area contributed by atoms with Crippen molar-refractivity contribution in [2.45, 2.75) is 0 Å². The zero-order valence-corrected chi connectivity index (χ0v) is 26.7. The van der Waals surface area contributed by atoms with Gasteiger partial charge in [0.25, 0.3) is 0 Å². The lowest BCUT2D eigenvalue weighted by Gasteiger charge is -2.11. The van der Waals surface area contributed by atoms with Crippen LogP contribution < -0.4 is 0 Å². The summed E-state index contributed by atoms with van der Waals surface area (Å²) in [6.45, 7) is 0. The molecule has 0 saturated carbocycles. The molecule has 48 heavy (non-hydrogen) atoms. The van der Waals surface area contributed by atoms with E-state index in [1.54, 1.807) is 0 Å². The zero-order valence-electron chi connectivity index (χ0n) is 25.8. The molecule has 4 heteroatoms. The van der Waals surface area contributed by atoms with Gasteiger partial charge in [-0.25, -0.2) is 9.97 Å². The molecule has 0 N–H and O–H groups in total. The molecule has 10 aromatic rings. The molecule has 0 radical (unpaired) electrons. The maximum absolute atomic E-state index is 5.05. The first-order valence-corrected chi connectivity index (χ1v) is 17.0. The number of fused-ring (bicyclic) bond motifs is 9. The van der Waals surface area contributed by atoms with Crippen LogP contribution in [0.5, 0.6) is 0 Å². The molecule has 0 amide bonds. The summed E-state index contributed by atoms with van der Waals surface area (Å²) < 4.78 is 5.08. The van der Waals surface area contributed by atoms with Gasteiger partial charge in [0.2, 0.25) is 0 Å². The average Bonchev–Trinajstić information content (AvgIpc) is 3.71. The highest BCUT2D eigenvalue weighted by molar-refractivity contribution is 7.27. The molecule has 0 fully saturated rings. The minimum Gasteiger partial charge on any atom is -0.309 e. The lowest BCUT2D eigenvalue weighted by Crippen LogP contribution is -1.97. The van der Waals surface area contributed by atoms with E-state index in [-0.39, 0.29) is 0 Å². The van der Waals surface area contributed by atoms with Gasteiger partial charge >= 0.3 is 0 Å². The fraction of sp³-hybridized carbons (Fsp3) is 0. The van der Waals surface area contributed by atoms with E-state index in [0.29, 0.717) is 0 Å². The van der Waals surface area contributed by atoms with Crippen molar-refractivity contribution in [3.05, 3.63) is 164 Å². The largest absolute Gasteiger partial charge is 0.309 e. The van der Waals surface area contributed by atoms with Crippen molar-refractivity contribution in [1.29, 1.82) is 0 Å². The Labute approximate surface area is 281 Å². The van der Waals surface area contributed by atoms with Crippen molar-refractivity contribution in [1.82, 2.24) is 14.5 Å². The van der Waals surface area contributed by atoms with Gasteiger partial charge in [-0.1, -0.05) is 127 Å². The van der Waals surface area contributed by atoms with E-state index in [0.717, 1.165) is 39.6 Å². The summed E-state index contributed by atoms with van der Waals surface area (Å²) in [6, 6.07) is 58.1. The van der Waals surface area contributed by atoms with Gasteiger partial charge in [-0.3, -0.25) is 0 Å². The Hall–Kier alpha value is -6.10. The summed E-state index contributed by atoms with van der Waals surface area (Å²) in [5, 5.41) is 7.85. The third-order valence-electron chi connectivity index (χ3n) is 9.41. The van der Waals surface area contributed by atoms with E-state index in [1.807, 2.05) is 35.6 Å². The molecule has 224 valence electrons. The van der Waals surface area contributed by atoms with Crippen LogP contribution in [0, 0.1) is 0 Å². The van der Waals surface area contributed by atoms with Crippen molar-refractivity contribution in [2.24, 2.45) is 0 Å². The van der Waals surface area contributed by atoms with Gasteiger partial charge in [-0.2, -0.15) is 0 Å². The second kappa shape index (κ2) is 10.7. The Morgan fingerprint density at radius 3 is 1.85 bits per heavy atom. The topological polar surface area (TPSA) is 30.7 Å². The van der Waals surface area contributed by atoms with Crippen molar-refractivity contribution in [2.75, 3.05) is 0 Å². The van der Waals surface area contributed by atoms with E-state index < -0.39 is 0 Å². The Bertz CT molecular complexity index is 2760. The number of hydrogen-bond donors (Lipinski definition) is 0. The van der Waals surface area contributed by atoms with Crippen LogP contribution in [-0.4, -0.2) is 14.5 Å². The Balaban J connectivity index is 1.15. The van der Waals surface area contributed by atoms with Gasteiger partial charge in [-0.15, -0.1) is 11.3 Å². The first-order chi connectivity index (χ1) is 23.8. The van der Waals surface area contributed by atoms with Gasteiger partial charge in [0.1, 0.15) is 0 Å². The van der Waals surface area contributed by atoms with Gasteiger partial charge in [-0.05, 0) is 47.2 Å². The number of hydrogen-bond acceptors (Lipinski definition) is 3. The van der Waals surface area contributed by atoms with Crippen LogP contribution in [0.3, 0.4) is 0 Å². The van der Waals surface area contributed by atoms with Gasteiger partial charge in [0.15, 0.2) is 5.82 Å². The van der Waals surface area contributed by atoms with E-state index in [4.69, 9.17) is 9.97 Å². The lowest BCUT2D eigenvalue weighted by molar-refractivity contribution is 1.17. The Kier molecular flexibility index (Phi) is 6.05. The molecule has 0 atom stereocenters. The monoisotopic (exact) mass is 629 g/mol. The van der Waals surface area contributed by atoms with Crippen LogP contribution in [0.2, 0.25) is 0 Å². The predicted octanol–water partition coefficient (Wildman–Crippen LogP) is 12.1. The van der Waals surface area contributed by atoms with Crippen LogP contribution in [0.1, 0.15) is 0 Å². The zero-order chi connectivity index (χ0) is 31.6. The molecule has 3 nitrogen and oxygen atoms in total. The summed E-state index contributed by atoms with van der Waals surface area (Å²) in [5.41, 5.74) is 8.46. The molecule has 10 rings (SSSR count). The van der Waals surface area contributed by atoms with Gasteiger partial charge in [0.05, 0.1) is 22.4 Å². The van der Waals surface area contributed by atoms with Crippen molar-refractivity contribution < 1.29 is 0 Å². The second-order valence-corrected chi connectivity index (χ2v) is 13.2. The quantitative estimate of drug-likeness (QED) is 0.194. The molecule has 0 unspecified atom stereocenters. The molecule has 0 spiro atoms. The number of thiophene rings is 1. The fourth-order valence-electron chi connectivity index (χ4n) is 7.18. The minimum absolute atomic E-state index is 0.721. The molecule has 0 aliphatic carbocycles. The summed E-state index contributed by atoms with van der Waals surface area (Å²) >= 11 is 1.90. The number of para-hydroxylation sites is 1. The smallest absolute Gasteiger partial charge is 0.160 e. The van der Waals surface area contributed by atoms with Crippen molar-refractivity contribution in [3.63, 3.8) is 0 Å². The highest BCUT2D eigenvalue weighted by atomic mass is 32.1. The Morgan fingerprint density at radius 2 is 1.08 bits per heavy atom. The molecule has 0 aliphatic heterocycles. The molecular formula is C44H27N3S. The van der Waals surface area contributed by atoms with E-state index in [1.165, 1.54) is 52.8 Å². The standard InChI is InChI=1S/C44H27N3S/c1-3-12-29(13-4-1)36-27-37(46-44(45-36)31-14-5-2-6-15-31)30-19-22-32(23-20-30)47-38-18-10-9-17-34(38)41-39(47)25-26-40-42(41)35-24-21-28-11-7-8-16-33(28)43(35)48-40/h1-27H. The summed E-state index contributed by atoms with van der Waals surface area (Å²) in [4.78, 5) is 10.0. The van der Waals surface area contributed by atoms with Crippen LogP contribution in [0.4, 0.5) is 0 Å². The molecular weight excluding hydrogens is 603 g/mol. The third-order valence-corrected chi connectivity index (χ3v) is 10.6. The van der Waals surface area contributed by atoms with Crippen LogP contribution in [0.25, 0.3) is 92.3 Å². The second-order valence-electron chi connectivity index (χ2n) is 12.2. The summed E-state index contributed by atoms with van der Waals surface area (Å²) in [5.74, 6) is 0.721. The lowest BCUT2D eigenvalue weighted by atomic mass is 10.0. The van der Waals surface area contributed by atoms with Gasteiger partial charge < -0.3 is 4.57 Å². The highest BCUT2D eigenvalue weighted by Gasteiger charge is 2.19. The van der Waals surface area contributed by atoms with E-state index in [2.05, 4.69) is 144 Å². The highest BCUT2D eigenvalue weighted by Crippen LogP contribution is 2.45. The molecule has 3 heterocycles. The summed E-state index contributed by atoms with van der Waals surface area (Å²) in [6.07, 6.45) is 0. The molecule has 0 saturated heterocycles. The average molecular weight is 630 g/mol. The first-order valence-electron chi connectivity index (χ1n) is 16.2. The maximum Gasteiger partial charge on any atom is 0.160 e. The van der Waals surface area contributed by atoms with E-state index >= 15 is 0 Å². The molecule has 0 bridgehead atoms. The molecule has 7 aromatic carbocycles. The predicted molar refractivity (Wildman–Crippen MR) is 203 cm³/mol. The number of benzene rings is 7. The van der Waals surface area contributed by atoms with E-state index in [9.17, 15) is 0 Å². The molecule has 3 aromatic heterocycles. The number of nitrogens with zero attached hydrogens (tertiary/aromatic N) is 3. The number of aromatic nitrogens is 3. The SMILES string of the molecule is c1ccc(-c2cc(-c3ccc(-n4c5ccccc5c5c6c(ccc54)sc4c5ccccc5ccc46)cc3)nc(-c3ccccc3)n2)cc1. The molecule has 0 aliphatic rings. The first kappa shape index (κ1) is 27.1. The van der Waals surface area contributed by atoms with Gasteiger partial charge in [0, 0.05) is 53.3 Å². The number of rotatable bonds is 4. The fourth-order valence-corrected chi connectivity index (χ4v) is 8.43. The minimum atomic E-state index is 0.721. The van der Waals surface area contributed by atoms with Crippen LogP contribution in [0.15, 0.2) is 164 Å². The maximum atomic E-state index is 5.05. The van der Waals surface area contributed by atoms with Crippen LogP contribution in [-0.2, 0) is 0 Å². The summed E-state index contributed by atoms with van der Waals surface area (Å²) in [7, 11) is 0. The van der Waals surface area contributed by atoms with Crippen molar-refractivity contribution in [3.8, 4) is 39.6 Å².